The second-order valence-corrected chi connectivity index (χ2v) is 9.86. The van der Waals surface area contributed by atoms with Gasteiger partial charge < -0.3 is 26.0 Å². The number of alkyl carbamates (subject to hydrolysis) is 1. The third-order valence-electron chi connectivity index (χ3n) is 5.98. The van der Waals surface area contributed by atoms with E-state index in [4.69, 9.17) is 11.2 Å². The Bertz CT molecular complexity index is 941. The molecular formula is C27H38N4O5. The third kappa shape index (κ3) is 9.25. The first-order chi connectivity index (χ1) is 17.1. The molecule has 4 atom stereocenters. The zero-order valence-electron chi connectivity index (χ0n) is 21.5. The minimum absolute atomic E-state index is 0.0680. The molecule has 2 rings (SSSR count). The van der Waals surface area contributed by atoms with Gasteiger partial charge in [-0.1, -0.05) is 63.9 Å². The Morgan fingerprint density at radius 1 is 1.08 bits per heavy atom. The first-order valence-electron chi connectivity index (χ1n) is 12.4. The van der Waals surface area contributed by atoms with Gasteiger partial charge >= 0.3 is 6.09 Å². The van der Waals surface area contributed by atoms with E-state index in [0.29, 0.717) is 25.8 Å². The van der Waals surface area contributed by atoms with Crippen LogP contribution in [0.5, 0.6) is 0 Å². The molecule has 4 amide bonds. The number of hydrogen-bond donors (Lipinski definition) is 4. The molecule has 36 heavy (non-hydrogen) atoms. The van der Waals surface area contributed by atoms with Crippen LogP contribution in [-0.2, 0) is 25.7 Å². The zero-order chi connectivity index (χ0) is 26.7. The lowest BCUT2D eigenvalue weighted by molar-refractivity contribution is -0.131. The van der Waals surface area contributed by atoms with Crippen molar-refractivity contribution in [1.82, 2.24) is 21.3 Å². The second kappa shape index (κ2) is 14.1. The molecule has 0 radical (unpaired) electrons. The van der Waals surface area contributed by atoms with Crippen LogP contribution < -0.4 is 21.3 Å². The van der Waals surface area contributed by atoms with Crippen LogP contribution >= 0.6 is 0 Å². The van der Waals surface area contributed by atoms with E-state index in [1.54, 1.807) is 13.8 Å². The molecule has 196 valence electrons. The van der Waals surface area contributed by atoms with Crippen molar-refractivity contribution in [3.05, 3.63) is 35.9 Å². The molecule has 1 fully saturated rings. The number of carbonyl (C=O) groups excluding carboxylic acids is 4. The first kappa shape index (κ1) is 28.7. The summed E-state index contributed by atoms with van der Waals surface area (Å²) in [4.78, 5) is 50.4. The summed E-state index contributed by atoms with van der Waals surface area (Å²) in [6.45, 7) is 8.13. The van der Waals surface area contributed by atoms with Gasteiger partial charge in [0.05, 0.1) is 6.04 Å². The van der Waals surface area contributed by atoms with Crippen LogP contribution in [0.25, 0.3) is 0 Å². The summed E-state index contributed by atoms with van der Waals surface area (Å²) in [6, 6.07) is 6.82. The number of benzene rings is 1. The molecule has 1 aromatic rings. The van der Waals surface area contributed by atoms with Gasteiger partial charge in [0.1, 0.15) is 18.7 Å². The molecule has 0 aliphatic carbocycles. The Balaban J connectivity index is 1.99. The standard InChI is InChI=1S/C27H38N4O5/c1-6-21(15-20-12-13-28-24(20)32)29-25(33)22(14-17(2)3)30-26(34)23(18(4)5)31-27(35)36-16-19-10-8-7-9-11-19/h1,7-11,17-18,20-23H,12-16H2,2-5H3,(H,28,32)(H,29,33)(H,30,34)(H,31,35)/t20-,21+,22-,23-/m0/s1. The Morgan fingerprint density at radius 2 is 1.78 bits per heavy atom. The monoisotopic (exact) mass is 498 g/mol. The zero-order valence-corrected chi connectivity index (χ0v) is 21.5. The Morgan fingerprint density at radius 3 is 2.33 bits per heavy atom. The number of hydrogen-bond acceptors (Lipinski definition) is 5. The maximum absolute atomic E-state index is 13.1. The average molecular weight is 499 g/mol. The maximum Gasteiger partial charge on any atom is 0.408 e. The summed E-state index contributed by atoms with van der Waals surface area (Å²) in [5.41, 5.74) is 0.824. The van der Waals surface area contributed by atoms with Crippen molar-refractivity contribution in [2.24, 2.45) is 17.8 Å². The lowest BCUT2D eigenvalue weighted by atomic mass is 9.97. The summed E-state index contributed by atoms with van der Waals surface area (Å²) < 4.78 is 5.25. The van der Waals surface area contributed by atoms with Gasteiger partial charge in [-0.3, -0.25) is 14.4 Å². The fourth-order valence-electron chi connectivity index (χ4n) is 3.99. The molecule has 4 N–H and O–H groups in total. The number of terminal acetylenes is 1. The van der Waals surface area contributed by atoms with Crippen molar-refractivity contribution in [3.63, 3.8) is 0 Å². The Hall–Kier alpha value is -3.54. The smallest absolute Gasteiger partial charge is 0.408 e. The first-order valence-corrected chi connectivity index (χ1v) is 12.4. The molecule has 0 spiro atoms. The minimum atomic E-state index is -0.902. The number of rotatable bonds is 12. The van der Waals surface area contributed by atoms with E-state index in [-0.39, 0.29) is 30.3 Å². The van der Waals surface area contributed by atoms with Crippen molar-refractivity contribution in [2.45, 2.75) is 71.7 Å². The predicted molar refractivity (Wildman–Crippen MR) is 136 cm³/mol. The summed E-state index contributed by atoms with van der Waals surface area (Å²) >= 11 is 0. The highest BCUT2D eigenvalue weighted by molar-refractivity contribution is 5.91. The van der Waals surface area contributed by atoms with Crippen molar-refractivity contribution in [1.29, 1.82) is 0 Å². The Kier molecular flexibility index (Phi) is 11.3. The van der Waals surface area contributed by atoms with E-state index >= 15 is 0 Å². The van der Waals surface area contributed by atoms with Gasteiger partial charge in [-0.05, 0) is 36.7 Å². The van der Waals surface area contributed by atoms with Gasteiger partial charge in [-0.2, -0.15) is 0 Å². The van der Waals surface area contributed by atoms with E-state index in [1.165, 1.54) is 0 Å². The van der Waals surface area contributed by atoms with Crippen molar-refractivity contribution < 1.29 is 23.9 Å². The topological polar surface area (TPSA) is 126 Å². The molecule has 1 aliphatic heterocycles. The van der Waals surface area contributed by atoms with E-state index in [0.717, 1.165) is 5.56 Å². The summed E-state index contributed by atoms with van der Waals surface area (Å²) in [5.74, 6) is 1.16. The molecule has 0 saturated carbocycles. The molecule has 1 heterocycles. The number of nitrogens with one attached hydrogen (secondary N) is 4. The lowest BCUT2D eigenvalue weighted by Gasteiger charge is -2.27. The average Bonchev–Trinajstić information content (AvgIpc) is 3.24. The second-order valence-electron chi connectivity index (χ2n) is 9.86. The van der Waals surface area contributed by atoms with Crippen molar-refractivity contribution in [3.8, 4) is 12.3 Å². The van der Waals surface area contributed by atoms with Crippen molar-refractivity contribution in [2.75, 3.05) is 6.54 Å². The highest BCUT2D eigenvalue weighted by atomic mass is 16.5. The molecule has 1 saturated heterocycles. The number of ether oxygens (including phenoxy) is 1. The van der Waals surface area contributed by atoms with Crippen LogP contribution in [0.15, 0.2) is 30.3 Å². The van der Waals surface area contributed by atoms with Gasteiger partial charge in [0.2, 0.25) is 17.7 Å². The molecule has 1 aromatic carbocycles. The maximum atomic E-state index is 13.1. The van der Waals surface area contributed by atoms with Gasteiger partial charge in [0.25, 0.3) is 0 Å². The summed E-state index contributed by atoms with van der Waals surface area (Å²) in [7, 11) is 0. The SMILES string of the molecule is C#C[C@H](C[C@@H]1CCNC1=O)NC(=O)[C@H](CC(C)C)NC(=O)[C@@H](NC(=O)OCc1ccccc1)C(C)C. The van der Waals surface area contributed by atoms with Crippen molar-refractivity contribution >= 4 is 23.8 Å². The van der Waals surface area contributed by atoms with E-state index in [1.807, 2.05) is 44.2 Å². The van der Waals surface area contributed by atoms with Crippen LogP contribution in [0, 0.1) is 30.1 Å². The fourth-order valence-corrected chi connectivity index (χ4v) is 3.99. The van der Waals surface area contributed by atoms with Gasteiger partial charge in [-0.25, -0.2) is 4.79 Å². The molecule has 0 unspecified atom stereocenters. The van der Waals surface area contributed by atoms with Crippen LogP contribution in [0.3, 0.4) is 0 Å². The number of amides is 4. The van der Waals surface area contributed by atoms with Gasteiger partial charge in [0.15, 0.2) is 0 Å². The van der Waals surface area contributed by atoms with Crippen LogP contribution in [0.4, 0.5) is 4.79 Å². The van der Waals surface area contributed by atoms with Crippen LogP contribution in [-0.4, -0.2) is 48.5 Å². The lowest BCUT2D eigenvalue weighted by Crippen LogP contribution is -2.56. The minimum Gasteiger partial charge on any atom is -0.445 e. The summed E-state index contributed by atoms with van der Waals surface area (Å²) in [5, 5.41) is 10.9. The van der Waals surface area contributed by atoms with E-state index in [2.05, 4.69) is 27.2 Å². The molecule has 9 heteroatoms. The van der Waals surface area contributed by atoms with Gasteiger partial charge in [0, 0.05) is 12.5 Å². The third-order valence-corrected chi connectivity index (χ3v) is 5.98. The van der Waals surface area contributed by atoms with Crippen LogP contribution in [0.1, 0.15) is 52.5 Å². The number of carbonyl (C=O) groups is 4. The molecule has 0 aromatic heterocycles. The quantitative estimate of drug-likeness (QED) is 0.329. The predicted octanol–water partition coefficient (Wildman–Crippen LogP) is 2.11. The Labute approximate surface area is 213 Å². The van der Waals surface area contributed by atoms with E-state index < -0.39 is 36.0 Å². The molecular weight excluding hydrogens is 460 g/mol. The molecule has 1 aliphatic rings. The normalized spacial score (nSPS) is 17.5. The highest BCUT2D eigenvalue weighted by Crippen LogP contribution is 2.16. The van der Waals surface area contributed by atoms with Crippen LogP contribution in [0.2, 0.25) is 0 Å². The fraction of sp³-hybridized carbons (Fsp3) is 0.556. The largest absolute Gasteiger partial charge is 0.445 e. The van der Waals surface area contributed by atoms with E-state index in [9.17, 15) is 19.2 Å². The molecule has 0 bridgehead atoms. The van der Waals surface area contributed by atoms with Gasteiger partial charge in [-0.15, -0.1) is 6.42 Å². The molecule has 9 nitrogen and oxygen atoms in total. The summed E-state index contributed by atoms with van der Waals surface area (Å²) in [6.07, 6.45) is 6.27. The highest BCUT2D eigenvalue weighted by Gasteiger charge is 2.32.